The van der Waals surface area contributed by atoms with Gasteiger partial charge < -0.3 is 10.0 Å². The van der Waals surface area contributed by atoms with Crippen LogP contribution in [-0.2, 0) is 0 Å². The van der Waals surface area contributed by atoms with Crippen molar-refractivity contribution in [3.8, 4) is 0 Å². The number of aliphatic hydroxyl groups is 1. The maximum Gasteiger partial charge on any atom is 0.128 e. The van der Waals surface area contributed by atoms with Gasteiger partial charge in [0.05, 0.1) is 6.10 Å². The Morgan fingerprint density at radius 2 is 2.17 bits per heavy atom. The Balaban J connectivity index is 2.07. The van der Waals surface area contributed by atoms with Crippen LogP contribution in [0.4, 0.5) is 5.82 Å². The van der Waals surface area contributed by atoms with E-state index in [-0.39, 0.29) is 0 Å². The lowest BCUT2D eigenvalue weighted by molar-refractivity contribution is 0.199. The highest BCUT2D eigenvalue weighted by atomic mass is 32.2. The largest absolute Gasteiger partial charge is 0.389 e. The van der Waals surface area contributed by atoms with Crippen LogP contribution in [0, 0.1) is 0 Å². The Hall–Kier alpha value is -0.740. The third-order valence-corrected chi connectivity index (χ3v) is 4.79. The van der Waals surface area contributed by atoms with Gasteiger partial charge in [-0.1, -0.05) is 19.9 Å². The summed E-state index contributed by atoms with van der Waals surface area (Å²) < 4.78 is 0.369. The highest BCUT2D eigenvalue weighted by Crippen LogP contribution is 2.31. The fourth-order valence-corrected chi connectivity index (χ4v) is 3.18. The van der Waals surface area contributed by atoms with Gasteiger partial charge in [-0.25, -0.2) is 4.98 Å². The molecule has 0 radical (unpaired) electrons. The van der Waals surface area contributed by atoms with Crippen molar-refractivity contribution < 1.29 is 5.11 Å². The first-order chi connectivity index (χ1) is 8.48. The Morgan fingerprint density at radius 3 is 2.78 bits per heavy atom. The molecule has 18 heavy (non-hydrogen) atoms. The van der Waals surface area contributed by atoms with Gasteiger partial charge in [0.1, 0.15) is 5.82 Å². The van der Waals surface area contributed by atoms with Crippen molar-refractivity contribution in [3.63, 3.8) is 0 Å². The molecule has 1 unspecified atom stereocenters. The van der Waals surface area contributed by atoms with E-state index in [4.69, 9.17) is 0 Å². The normalized spacial score (nSPS) is 21.4. The molecule has 1 aliphatic heterocycles. The minimum absolute atomic E-state index is 0.369. The maximum atomic E-state index is 9.48. The van der Waals surface area contributed by atoms with Crippen LogP contribution in [0.5, 0.6) is 0 Å². The highest BCUT2D eigenvalue weighted by Gasteiger charge is 2.24. The molecule has 100 valence electrons. The van der Waals surface area contributed by atoms with Crippen LogP contribution in [0.3, 0.4) is 0 Å². The molecule has 1 aromatic rings. The molecule has 2 heterocycles. The van der Waals surface area contributed by atoms with Gasteiger partial charge in [-0.3, -0.25) is 0 Å². The van der Waals surface area contributed by atoms with Crippen LogP contribution >= 0.6 is 11.8 Å². The Kier molecular flexibility index (Phi) is 4.17. The lowest BCUT2D eigenvalue weighted by Gasteiger charge is -2.23. The zero-order chi connectivity index (χ0) is 13.2. The second-order valence-corrected chi connectivity index (χ2v) is 7.27. The van der Waals surface area contributed by atoms with Gasteiger partial charge in [0.2, 0.25) is 0 Å². The summed E-state index contributed by atoms with van der Waals surface area (Å²) in [6, 6.07) is 3.99. The summed E-state index contributed by atoms with van der Waals surface area (Å²) >= 11 is 2.04. The summed E-state index contributed by atoms with van der Waals surface area (Å²) in [5.74, 6) is 2.17. The summed E-state index contributed by atoms with van der Waals surface area (Å²) in [6.07, 6.45) is 2.52. The van der Waals surface area contributed by atoms with E-state index in [1.54, 1.807) is 13.1 Å². The molecule has 0 bridgehead atoms. The first-order valence-corrected chi connectivity index (χ1v) is 7.49. The zero-order valence-electron chi connectivity index (χ0n) is 11.4. The molecule has 0 saturated carbocycles. The van der Waals surface area contributed by atoms with E-state index in [2.05, 4.69) is 23.7 Å². The molecule has 3 nitrogen and oxygen atoms in total. The lowest BCUT2D eigenvalue weighted by Crippen LogP contribution is -2.27. The molecule has 1 N–H and O–H groups in total. The average molecular weight is 266 g/mol. The van der Waals surface area contributed by atoms with Crippen LogP contribution in [0.1, 0.15) is 38.9 Å². The van der Waals surface area contributed by atoms with Crippen molar-refractivity contribution in [1.82, 2.24) is 4.98 Å². The minimum atomic E-state index is -0.440. The van der Waals surface area contributed by atoms with Crippen molar-refractivity contribution in [3.05, 3.63) is 23.9 Å². The van der Waals surface area contributed by atoms with Crippen molar-refractivity contribution >= 4 is 17.6 Å². The number of aliphatic hydroxyl groups excluding tert-OH is 1. The number of thioether (sulfide) groups is 1. The van der Waals surface area contributed by atoms with Gasteiger partial charge in [0.25, 0.3) is 0 Å². The van der Waals surface area contributed by atoms with Gasteiger partial charge in [0, 0.05) is 29.8 Å². The number of anilines is 1. The van der Waals surface area contributed by atoms with E-state index in [1.165, 1.54) is 6.42 Å². The van der Waals surface area contributed by atoms with Crippen molar-refractivity contribution in [2.45, 2.75) is 38.0 Å². The van der Waals surface area contributed by atoms with Crippen LogP contribution in [0.25, 0.3) is 0 Å². The fraction of sp³-hybridized carbons (Fsp3) is 0.643. The van der Waals surface area contributed by atoms with Gasteiger partial charge in [-0.15, -0.1) is 0 Å². The highest BCUT2D eigenvalue weighted by molar-refractivity contribution is 8.00. The van der Waals surface area contributed by atoms with E-state index in [0.29, 0.717) is 4.75 Å². The van der Waals surface area contributed by atoms with Crippen molar-refractivity contribution in [2.24, 2.45) is 0 Å². The smallest absolute Gasteiger partial charge is 0.128 e. The molecule has 0 spiro atoms. The standard InChI is InChI=1S/C14H22N2OS/c1-11(17)12-4-5-13(15-10-12)16-7-6-14(2,3)18-9-8-16/h4-5,10-11,17H,6-9H2,1-3H3. The minimum Gasteiger partial charge on any atom is -0.389 e. The summed E-state index contributed by atoms with van der Waals surface area (Å²) in [5.41, 5.74) is 0.878. The SMILES string of the molecule is CC(O)c1ccc(N2CCSC(C)(C)CC2)nc1. The fourth-order valence-electron chi connectivity index (χ4n) is 2.08. The van der Waals surface area contributed by atoms with Crippen LogP contribution in [-0.4, -0.2) is 33.7 Å². The van der Waals surface area contributed by atoms with Crippen molar-refractivity contribution in [1.29, 1.82) is 0 Å². The quantitative estimate of drug-likeness (QED) is 0.893. The lowest BCUT2D eigenvalue weighted by atomic mass is 10.1. The average Bonchev–Trinajstić information content (AvgIpc) is 2.50. The molecule has 1 aromatic heterocycles. The Bertz CT molecular complexity index is 389. The molecule has 0 aliphatic carbocycles. The van der Waals surface area contributed by atoms with Crippen LogP contribution in [0.2, 0.25) is 0 Å². The second-order valence-electron chi connectivity index (χ2n) is 5.47. The molecule has 4 heteroatoms. The Labute approximate surface area is 114 Å². The molecular weight excluding hydrogens is 244 g/mol. The molecule has 2 rings (SSSR count). The van der Waals surface area contributed by atoms with E-state index < -0.39 is 6.10 Å². The van der Waals surface area contributed by atoms with Crippen LogP contribution in [0.15, 0.2) is 18.3 Å². The second kappa shape index (κ2) is 5.49. The number of rotatable bonds is 2. The summed E-state index contributed by atoms with van der Waals surface area (Å²) in [7, 11) is 0. The number of hydrogen-bond acceptors (Lipinski definition) is 4. The summed E-state index contributed by atoms with van der Waals surface area (Å²) in [5, 5.41) is 9.48. The number of nitrogens with zero attached hydrogens (tertiary/aromatic N) is 2. The Morgan fingerprint density at radius 1 is 1.39 bits per heavy atom. The number of pyridine rings is 1. The molecule has 0 amide bonds. The first kappa shape index (κ1) is 13.7. The van der Waals surface area contributed by atoms with Crippen molar-refractivity contribution in [2.75, 3.05) is 23.7 Å². The zero-order valence-corrected chi connectivity index (χ0v) is 12.2. The monoisotopic (exact) mass is 266 g/mol. The van der Waals surface area contributed by atoms with Gasteiger partial charge in [-0.05, 0) is 25.0 Å². The molecule has 1 atom stereocenters. The summed E-state index contributed by atoms with van der Waals surface area (Å²) in [6.45, 7) is 8.49. The molecular formula is C14H22N2OS. The van der Waals surface area contributed by atoms with E-state index in [9.17, 15) is 5.11 Å². The van der Waals surface area contributed by atoms with Gasteiger partial charge in [0.15, 0.2) is 0 Å². The third-order valence-electron chi connectivity index (χ3n) is 3.41. The third kappa shape index (κ3) is 3.39. The van der Waals surface area contributed by atoms with E-state index in [0.717, 1.165) is 30.2 Å². The molecule has 1 aliphatic rings. The van der Waals surface area contributed by atoms with E-state index in [1.807, 2.05) is 23.9 Å². The summed E-state index contributed by atoms with van der Waals surface area (Å²) in [4.78, 5) is 6.81. The predicted molar refractivity (Wildman–Crippen MR) is 78.2 cm³/mol. The van der Waals surface area contributed by atoms with Crippen LogP contribution < -0.4 is 4.90 Å². The van der Waals surface area contributed by atoms with Gasteiger partial charge in [-0.2, -0.15) is 11.8 Å². The number of aromatic nitrogens is 1. The molecule has 0 aromatic carbocycles. The van der Waals surface area contributed by atoms with Gasteiger partial charge >= 0.3 is 0 Å². The number of hydrogen-bond donors (Lipinski definition) is 1. The maximum absolute atomic E-state index is 9.48. The molecule has 1 fully saturated rings. The first-order valence-electron chi connectivity index (χ1n) is 6.51. The molecule has 1 saturated heterocycles. The van der Waals surface area contributed by atoms with E-state index >= 15 is 0 Å². The topological polar surface area (TPSA) is 36.4 Å². The predicted octanol–water partition coefficient (Wildman–Crippen LogP) is 2.86.